The summed E-state index contributed by atoms with van der Waals surface area (Å²) in [5.41, 5.74) is 0.314. The van der Waals surface area contributed by atoms with E-state index in [1.807, 2.05) is 6.92 Å². The van der Waals surface area contributed by atoms with Gasteiger partial charge in [-0.05, 0) is 24.7 Å². The van der Waals surface area contributed by atoms with Crippen LogP contribution in [0, 0.1) is 5.41 Å². The summed E-state index contributed by atoms with van der Waals surface area (Å²) < 4.78 is 0. The topological polar surface area (TPSA) is 20.2 Å². The zero-order valence-corrected chi connectivity index (χ0v) is 5.65. The molecule has 0 spiro atoms. The van der Waals surface area contributed by atoms with Gasteiger partial charge in [-0.15, -0.1) is 0 Å². The highest BCUT2D eigenvalue weighted by atomic mass is 16.3. The maximum Gasteiger partial charge on any atom is 0.0591 e. The van der Waals surface area contributed by atoms with Gasteiger partial charge in [-0.3, -0.25) is 0 Å². The van der Waals surface area contributed by atoms with Crippen LogP contribution in [0.1, 0.15) is 33.1 Å². The molecule has 1 saturated carbocycles. The van der Waals surface area contributed by atoms with Gasteiger partial charge in [0.05, 0.1) is 6.10 Å². The quantitative estimate of drug-likeness (QED) is 0.577. The van der Waals surface area contributed by atoms with Crippen LogP contribution in [0.4, 0.5) is 0 Å². The second kappa shape index (κ2) is 1.73. The summed E-state index contributed by atoms with van der Waals surface area (Å²) >= 11 is 0. The second-order valence-electron chi connectivity index (χ2n) is 3.08. The lowest BCUT2D eigenvalue weighted by molar-refractivity contribution is 0.0992. The van der Waals surface area contributed by atoms with Crippen LogP contribution in [0.3, 0.4) is 0 Å². The summed E-state index contributed by atoms with van der Waals surface area (Å²) in [5, 5.41) is 9.26. The highest BCUT2D eigenvalue weighted by Gasteiger charge is 2.42. The minimum absolute atomic E-state index is 0.0394. The standard InChI is InChI=1S/C7H14O/c1-3-6(8)7(2)4-5-7/h6,8H,3-5H2,1-2H3. The monoisotopic (exact) mass is 114 g/mol. The molecule has 0 amide bonds. The van der Waals surface area contributed by atoms with E-state index in [0.717, 1.165) is 6.42 Å². The maximum absolute atomic E-state index is 9.26. The van der Waals surface area contributed by atoms with Crippen molar-refractivity contribution in [3.63, 3.8) is 0 Å². The van der Waals surface area contributed by atoms with Gasteiger partial charge in [-0.2, -0.15) is 0 Å². The molecule has 0 aromatic rings. The molecule has 0 aromatic carbocycles. The maximum atomic E-state index is 9.26. The second-order valence-corrected chi connectivity index (χ2v) is 3.08. The largest absolute Gasteiger partial charge is 0.393 e. The first kappa shape index (κ1) is 6.09. The molecule has 8 heavy (non-hydrogen) atoms. The molecule has 0 aliphatic heterocycles. The van der Waals surface area contributed by atoms with E-state index in [4.69, 9.17) is 0 Å². The molecule has 1 heteroatoms. The molecule has 1 unspecified atom stereocenters. The molecule has 1 aliphatic rings. The molecular formula is C7H14O. The van der Waals surface area contributed by atoms with Gasteiger partial charge < -0.3 is 5.11 Å². The molecule has 1 atom stereocenters. The molecule has 0 aromatic heterocycles. The highest BCUT2D eigenvalue weighted by molar-refractivity contribution is 4.93. The Labute approximate surface area is 50.7 Å². The average Bonchev–Trinajstić information content (AvgIpc) is 2.47. The van der Waals surface area contributed by atoms with Crippen molar-refractivity contribution in [1.29, 1.82) is 0 Å². The third-order valence-corrected chi connectivity index (χ3v) is 2.23. The van der Waals surface area contributed by atoms with Crippen LogP contribution >= 0.6 is 0 Å². The fourth-order valence-corrected chi connectivity index (χ4v) is 1.02. The third kappa shape index (κ3) is 0.873. The number of rotatable bonds is 2. The zero-order valence-electron chi connectivity index (χ0n) is 5.65. The van der Waals surface area contributed by atoms with E-state index in [1.165, 1.54) is 12.8 Å². The highest BCUT2D eigenvalue weighted by Crippen LogP contribution is 2.48. The Balaban J connectivity index is 2.34. The van der Waals surface area contributed by atoms with Crippen LogP contribution in [-0.2, 0) is 0 Å². The third-order valence-electron chi connectivity index (χ3n) is 2.23. The Bertz CT molecular complexity index is 84.4. The summed E-state index contributed by atoms with van der Waals surface area (Å²) in [4.78, 5) is 0. The van der Waals surface area contributed by atoms with E-state index in [9.17, 15) is 5.11 Å². The van der Waals surface area contributed by atoms with Crippen molar-refractivity contribution < 1.29 is 5.11 Å². The Kier molecular flexibility index (Phi) is 1.31. The Morgan fingerprint density at radius 1 is 1.62 bits per heavy atom. The van der Waals surface area contributed by atoms with Gasteiger partial charge in [0.15, 0.2) is 0 Å². The number of aliphatic hydroxyl groups is 1. The molecule has 0 bridgehead atoms. The van der Waals surface area contributed by atoms with E-state index >= 15 is 0 Å². The minimum Gasteiger partial charge on any atom is -0.393 e. The Morgan fingerprint density at radius 2 is 2.12 bits per heavy atom. The fraction of sp³-hybridized carbons (Fsp3) is 1.00. The van der Waals surface area contributed by atoms with Crippen molar-refractivity contribution in [1.82, 2.24) is 0 Å². The summed E-state index contributed by atoms with van der Waals surface area (Å²) in [6.45, 7) is 4.19. The van der Waals surface area contributed by atoms with Gasteiger partial charge in [-0.1, -0.05) is 13.8 Å². The molecule has 0 radical (unpaired) electrons. The van der Waals surface area contributed by atoms with Crippen LogP contribution in [0.25, 0.3) is 0 Å². The van der Waals surface area contributed by atoms with Gasteiger partial charge >= 0.3 is 0 Å². The predicted octanol–water partition coefficient (Wildman–Crippen LogP) is 1.56. The summed E-state index contributed by atoms with van der Waals surface area (Å²) in [5.74, 6) is 0. The van der Waals surface area contributed by atoms with Crippen LogP contribution in [0.15, 0.2) is 0 Å². The number of hydrogen-bond donors (Lipinski definition) is 1. The van der Waals surface area contributed by atoms with Crippen LogP contribution in [0.5, 0.6) is 0 Å². The van der Waals surface area contributed by atoms with E-state index < -0.39 is 0 Å². The first-order valence-electron chi connectivity index (χ1n) is 3.37. The van der Waals surface area contributed by atoms with Gasteiger partial charge in [0.25, 0.3) is 0 Å². The number of hydrogen-bond acceptors (Lipinski definition) is 1. The van der Waals surface area contributed by atoms with Crippen LogP contribution < -0.4 is 0 Å². The molecule has 0 saturated heterocycles. The smallest absolute Gasteiger partial charge is 0.0591 e. The van der Waals surface area contributed by atoms with E-state index in [2.05, 4.69) is 6.92 Å². The predicted molar refractivity (Wildman–Crippen MR) is 33.6 cm³/mol. The lowest BCUT2D eigenvalue weighted by Gasteiger charge is -2.13. The SMILES string of the molecule is CCC(O)C1(C)CC1. The normalized spacial score (nSPS) is 27.4. The number of aliphatic hydroxyl groups excluding tert-OH is 1. The molecule has 48 valence electrons. The zero-order chi connectivity index (χ0) is 6.20. The Morgan fingerprint density at radius 3 is 2.25 bits per heavy atom. The minimum atomic E-state index is -0.0394. The van der Waals surface area contributed by atoms with Crippen molar-refractivity contribution >= 4 is 0 Å². The Hall–Kier alpha value is -0.0400. The summed E-state index contributed by atoms with van der Waals surface area (Å²) in [6.07, 6.45) is 3.32. The average molecular weight is 114 g/mol. The molecule has 1 fully saturated rings. The van der Waals surface area contributed by atoms with Crippen molar-refractivity contribution in [2.75, 3.05) is 0 Å². The van der Waals surface area contributed by atoms with E-state index in [-0.39, 0.29) is 6.10 Å². The van der Waals surface area contributed by atoms with Gasteiger partial charge in [0, 0.05) is 0 Å². The molecule has 1 nitrogen and oxygen atoms in total. The van der Waals surface area contributed by atoms with Gasteiger partial charge in [0.2, 0.25) is 0 Å². The molecular weight excluding hydrogens is 100 g/mol. The van der Waals surface area contributed by atoms with Crippen molar-refractivity contribution in [2.45, 2.75) is 39.2 Å². The fourth-order valence-electron chi connectivity index (χ4n) is 1.02. The summed E-state index contributed by atoms with van der Waals surface area (Å²) in [7, 11) is 0. The molecule has 0 heterocycles. The van der Waals surface area contributed by atoms with Crippen molar-refractivity contribution in [3.05, 3.63) is 0 Å². The first-order valence-corrected chi connectivity index (χ1v) is 3.37. The van der Waals surface area contributed by atoms with Crippen molar-refractivity contribution in [3.8, 4) is 0 Å². The van der Waals surface area contributed by atoms with E-state index in [1.54, 1.807) is 0 Å². The summed E-state index contributed by atoms with van der Waals surface area (Å²) in [6, 6.07) is 0. The van der Waals surface area contributed by atoms with Crippen molar-refractivity contribution in [2.24, 2.45) is 5.41 Å². The van der Waals surface area contributed by atoms with E-state index in [0.29, 0.717) is 5.41 Å². The first-order chi connectivity index (χ1) is 3.69. The van der Waals surface area contributed by atoms with Crippen LogP contribution in [0.2, 0.25) is 0 Å². The lowest BCUT2D eigenvalue weighted by atomic mass is 10.0. The lowest BCUT2D eigenvalue weighted by Crippen LogP contribution is -2.16. The molecule has 1 aliphatic carbocycles. The molecule has 1 N–H and O–H groups in total. The van der Waals surface area contributed by atoms with Gasteiger partial charge in [0.1, 0.15) is 0 Å². The van der Waals surface area contributed by atoms with Crippen LogP contribution in [-0.4, -0.2) is 11.2 Å². The van der Waals surface area contributed by atoms with Gasteiger partial charge in [-0.25, -0.2) is 0 Å². The molecule has 1 rings (SSSR count).